The number of nitrogens with zero attached hydrogens (tertiary/aromatic N) is 2. The Hall–Kier alpha value is -3.54. The number of fused-ring (bicyclic) bond motifs is 1. The molecule has 196 valence electrons. The van der Waals surface area contributed by atoms with Crippen molar-refractivity contribution in [3.05, 3.63) is 84.6 Å². The lowest BCUT2D eigenvalue weighted by molar-refractivity contribution is -0.123. The normalized spacial score (nSPS) is 21.3. The molecule has 9 nitrogen and oxygen atoms in total. The van der Waals surface area contributed by atoms with Crippen molar-refractivity contribution in [2.45, 2.75) is 36.7 Å². The number of pyridine rings is 1. The summed E-state index contributed by atoms with van der Waals surface area (Å²) in [4.78, 5) is 17.2. The molecule has 2 fully saturated rings. The molecule has 38 heavy (non-hydrogen) atoms. The molecule has 0 radical (unpaired) electrons. The number of carbonyl (C=O) groups is 1. The zero-order chi connectivity index (χ0) is 26.8. The van der Waals surface area contributed by atoms with Gasteiger partial charge in [0.2, 0.25) is 5.91 Å². The maximum Gasteiger partial charge on any atom is 0.475 e. The van der Waals surface area contributed by atoms with Crippen LogP contribution in [0, 0.1) is 17.3 Å². The van der Waals surface area contributed by atoms with Crippen LogP contribution in [0.5, 0.6) is 11.5 Å². The third-order valence-corrected chi connectivity index (χ3v) is 8.30. The highest BCUT2D eigenvalue weighted by Gasteiger charge is 2.69. The molecule has 1 unspecified atom stereocenters. The zero-order valence-electron chi connectivity index (χ0n) is 20.6. The second-order valence-electron chi connectivity index (χ2n) is 9.97. The Balaban J connectivity index is 1.30. The van der Waals surface area contributed by atoms with E-state index in [0.29, 0.717) is 23.8 Å². The van der Waals surface area contributed by atoms with Gasteiger partial charge in [-0.3, -0.25) is 4.79 Å². The molecule has 0 bridgehead atoms. The van der Waals surface area contributed by atoms with Crippen LogP contribution in [0.3, 0.4) is 0 Å². The number of carbonyl (C=O) groups excluding carboxylic acids is 1. The van der Waals surface area contributed by atoms with E-state index in [-0.39, 0.29) is 16.9 Å². The minimum atomic E-state index is -4.20. The number of hydrogen-bond acceptors (Lipinski definition) is 7. The molecular formula is C27H28BN3O6S. The number of ether oxygens (including phenoxy) is 1. The molecular weight excluding hydrogens is 505 g/mol. The van der Waals surface area contributed by atoms with Crippen molar-refractivity contribution in [2.75, 3.05) is 0 Å². The van der Waals surface area contributed by atoms with Gasteiger partial charge < -0.3 is 20.1 Å². The Kier molecular flexibility index (Phi) is 7.33. The van der Waals surface area contributed by atoms with Gasteiger partial charge in [-0.05, 0) is 66.8 Å². The minimum Gasteiger partial charge on any atom is -0.456 e. The van der Waals surface area contributed by atoms with Crippen molar-refractivity contribution >= 4 is 29.3 Å². The summed E-state index contributed by atoms with van der Waals surface area (Å²) in [6, 6.07) is 20.9. The van der Waals surface area contributed by atoms with Crippen LogP contribution < -0.4 is 10.1 Å². The predicted octanol–water partition coefficient (Wildman–Crippen LogP) is 2.79. The third-order valence-electron chi connectivity index (χ3n) is 7.13. The van der Waals surface area contributed by atoms with Gasteiger partial charge in [0.15, 0.2) is 5.03 Å². The van der Waals surface area contributed by atoms with Gasteiger partial charge in [-0.1, -0.05) is 48.5 Å². The van der Waals surface area contributed by atoms with Crippen LogP contribution >= 0.6 is 0 Å². The highest BCUT2D eigenvalue weighted by molar-refractivity contribution is 7.90. The maximum atomic E-state index is 13.2. The zero-order valence-corrected chi connectivity index (χ0v) is 21.4. The fourth-order valence-corrected chi connectivity index (χ4v) is 5.43. The van der Waals surface area contributed by atoms with Crippen molar-refractivity contribution in [1.29, 1.82) is 0 Å². The van der Waals surface area contributed by atoms with E-state index < -0.39 is 34.9 Å². The van der Waals surface area contributed by atoms with Gasteiger partial charge in [0.05, 0.1) is 18.1 Å². The number of hydrogen-bond donors (Lipinski definition) is 3. The van der Waals surface area contributed by atoms with Crippen LogP contribution in [-0.2, 0) is 21.2 Å². The van der Waals surface area contributed by atoms with Crippen LogP contribution in [0.4, 0.5) is 0 Å². The number of aromatic nitrogens is 1. The van der Waals surface area contributed by atoms with Gasteiger partial charge in [-0.2, -0.15) is 12.8 Å². The molecule has 2 saturated carbocycles. The molecule has 2 aromatic carbocycles. The number of amides is 1. The molecule has 2 aliphatic rings. The fourth-order valence-electron chi connectivity index (χ4n) is 4.59. The maximum absolute atomic E-state index is 13.2. The summed E-state index contributed by atoms with van der Waals surface area (Å²) in [6.07, 6.45) is 5.13. The van der Waals surface area contributed by atoms with E-state index in [2.05, 4.69) is 14.7 Å². The van der Waals surface area contributed by atoms with Crippen molar-refractivity contribution in [1.82, 2.24) is 10.3 Å². The van der Waals surface area contributed by atoms with E-state index in [0.717, 1.165) is 24.6 Å². The van der Waals surface area contributed by atoms with Crippen molar-refractivity contribution in [3.8, 4) is 11.5 Å². The van der Waals surface area contributed by atoms with Crippen LogP contribution in [0.2, 0.25) is 0 Å². The van der Waals surface area contributed by atoms with Gasteiger partial charge in [0.1, 0.15) is 11.5 Å². The molecule has 3 aromatic rings. The summed E-state index contributed by atoms with van der Waals surface area (Å²) in [5, 5.41) is 22.1. The quantitative estimate of drug-likeness (QED) is 0.240. The molecule has 2 aliphatic carbocycles. The van der Waals surface area contributed by atoms with E-state index in [1.165, 1.54) is 18.3 Å². The molecule has 1 heterocycles. The van der Waals surface area contributed by atoms with Gasteiger partial charge in [0, 0.05) is 6.21 Å². The summed E-state index contributed by atoms with van der Waals surface area (Å²) in [5.41, 5.74) is 0.928. The topological polar surface area (TPSA) is 138 Å². The van der Waals surface area contributed by atoms with Gasteiger partial charge in [-0.15, -0.1) is 0 Å². The van der Waals surface area contributed by atoms with Gasteiger partial charge in [-0.25, -0.2) is 4.98 Å². The number of sulfonamides is 1. The van der Waals surface area contributed by atoms with E-state index in [1.54, 1.807) is 12.1 Å². The number of para-hydroxylation sites is 1. The Morgan fingerprint density at radius 3 is 2.32 bits per heavy atom. The number of nitrogens with one attached hydrogen (secondary N) is 1. The molecule has 2 atom stereocenters. The smallest absolute Gasteiger partial charge is 0.456 e. The standard InChI is InChI=1S/C27H28BN3O6S/c32-26(31-24(28(33)34)16-27-14-21(27)15-27)20(13-19-7-3-1-4-8-19)17-30-38(35,36)25-12-11-23(18-29-25)37-22-9-5-2-6-10-22/h1-12,17-18,20-21,24,33-34H,13-16H2,(H,31,32)/t20?,21?,24-,27?/m0/s1. The first-order valence-electron chi connectivity index (χ1n) is 12.4. The Bertz CT molecular complexity index is 1400. The highest BCUT2D eigenvalue weighted by atomic mass is 32.2. The Labute approximate surface area is 221 Å². The lowest BCUT2D eigenvalue weighted by Crippen LogP contribution is -2.49. The van der Waals surface area contributed by atoms with Gasteiger partial charge >= 0.3 is 7.12 Å². The third kappa shape index (κ3) is 6.29. The molecule has 11 heteroatoms. The summed E-state index contributed by atoms with van der Waals surface area (Å²) < 4.78 is 35.2. The lowest BCUT2D eigenvalue weighted by atomic mass is 9.74. The second kappa shape index (κ2) is 10.7. The van der Waals surface area contributed by atoms with Crippen LogP contribution in [-0.4, -0.2) is 48.6 Å². The van der Waals surface area contributed by atoms with Gasteiger partial charge in [0.25, 0.3) is 10.0 Å². The first kappa shape index (κ1) is 26.1. The minimum absolute atomic E-state index is 0.121. The van der Waals surface area contributed by atoms with Crippen LogP contribution in [0.25, 0.3) is 0 Å². The molecule has 1 aromatic heterocycles. The fraction of sp³-hybridized carbons (Fsp3) is 0.296. The number of rotatable bonds is 12. The summed E-state index contributed by atoms with van der Waals surface area (Å²) in [7, 11) is -5.92. The molecule has 1 amide bonds. The molecule has 0 aliphatic heterocycles. The summed E-state index contributed by atoms with van der Waals surface area (Å²) in [6.45, 7) is 0. The van der Waals surface area contributed by atoms with E-state index in [4.69, 9.17) is 4.74 Å². The average molecular weight is 533 g/mol. The molecule has 0 spiro atoms. The average Bonchev–Trinajstić information content (AvgIpc) is 3.78. The second-order valence-corrected chi connectivity index (χ2v) is 11.6. The first-order valence-corrected chi connectivity index (χ1v) is 13.9. The Morgan fingerprint density at radius 2 is 1.74 bits per heavy atom. The highest BCUT2D eigenvalue weighted by Crippen LogP contribution is 2.77. The molecule has 5 rings (SSSR count). The summed E-state index contributed by atoms with van der Waals surface area (Å²) >= 11 is 0. The predicted molar refractivity (Wildman–Crippen MR) is 142 cm³/mol. The van der Waals surface area contributed by atoms with Crippen LogP contribution in [0.1, 0.15) is 24.8 Å². The van der Waals surface area contributed by atoms with Crippen molar-refractivity contribution in [2.24, 2.45) is 21.6 Å². The first-order chi connectivity index (χ1) is 18.2. The number of benzene rings is 2. The monoisotopic (exact) mass is 533 g/mol. The van der Waals surface area contributed by atoms with E-state index >= 15 is 0 Å². The molecule has 3 N–H and O–H groups in total. The Morgan fingerprint density at radius 1 is 1.08 bits per heavy atom. The van der Waals surface area contributed by atoms with Crippen molar-refractivity contribution in [3.63, 3.8) is 0 Å². The molecule has 0 saturated heterocycles. The largest absolute Gasteiger partial charge is 0.475 e. The van der Waals surface area contributed by atoms with E-state index in [9.17, 15) is 23.3 Å². The summed E-state index contributed by atoms with van der Waals surface area (Å²) in [5.74, 6) is -0.758. The van der Waals surface area contributed by atoms with Crippen molar-refractivity contribution < 1.29 is 28.0 Å². The SMILES string of the molecule is O=C(N[C@@H](CC12CC1C2)B(O)O)C(C=NS(=O)(=O)c1ccc(Oc2ccccc2)cn1)Cc1ccccc1. The van der Waals surface area contributed by atoms with E-state index in [1.807, 2.05) is 48.5 Å². The lowest BCUT2D eigenvalue weighted by Gasteiger charge is -2.22. The van der Waals surface area contributed by atoms with Crippen LogP contribution in [0.15, 0.2) is 88.4 Å².